The highest BCUT2D eigenvalue weighted by Crippen LogP contribution is 2.48. The van der Waals surface area contributed by atoms with Crippen molar-refractivity contribution in [2.75, 3.05) is 69.8 Å². The summed E-state index contributed by atoms with van der Waals surface area (Å²) in [5.74, 6) is 3.53. The second-order valence-corrected chi connectivity index (χ2v) is 13.2. The van der Waals surface area contributed by atoms with Crippen LogP contribution < -0.4 is 14.5 Å². The van der Waals surface area contributed by atoms with Crippen LogP contribution in [-0.2, 0) is 4.74 Å². The zero-order valence-corrected chi connectivity index (χ0v) is 25.0. The Labute approximate surface area is 232 Å². The van der Waals surface area contributed by atoms with E-state index >= 15 is 0 Å². The third-order valence-electron chi connectivity index (χ3n) is 9.76. The van der Waals surface area contributed by atoms with Gasteiger partial charge in [-0.15, -0.1) is 12.4 Å². The number of methoxy groups -OCH3 is 2. The van der Waals surface area contributed by atoms with E-state index < -0.39 is 0 Å². The summed E-state index contributed by atoms with van der Waals surface area (Å²) in [6.07, 6.45) is 10.8. The minimum Gasteiger partial charge on any atom is -0.495 e. The molecule has 2 heterocycles. The van der Waals surface area contributed by atoms with Crippen molar-refractivity contribution in [2.45, 2.75) is 84.2 Å². The standard InChI is InChI=1S/C31H51N3O2.ClH/c1-31(2,3)25-10-8-24(9-11-25)27-20-29(33-14-12-26(35-4)13-15-33)30(36-5)21-28(27)34-18-16-32(17-19-34)22-23-6-7-23;/h20-21,23-26H,6-19,22H2,1-5H3;1H. The largest absolute Gasteiger partial charge is 0.495 e. The molecule has 0 N–H and O–H groups in total. The summed E-state index contributed by atoms with van der Waals surface area (Å²) in [5, 5.41) is 0. The Morgan fingerprint density at radius 2 is 1.38 bits per heavy atom. The number of hydrogen-bond acceptors (Lipinski definition) is 5. The zero-order valence-electron chi connectivity index (χ0n) is 24.1. The van der Waals surface area contributed by atoms with Gasteiger partial charge in [0.1, 0.15) is 5.75 Å². The van der Waals surface area contributed by atoms with Gasteiger partial charge in [-0.3, -0.25) is 4.90 Å². The minimum atomic E-state index is 0. The molecule has 0 bridgehead atoms. The molecule has 2 saturated heterocycles. The van der Waals surface area contributed by atoms with Gasteiger partial charge in [-0.25, -0.2) is 0 Å². The summed E-state index contributed by atoms with van der Waals surface area (Å²) >= 11 is 0. The topological polar surface area (TPSA) is 28.2 Å². The second kappa shape index (κ2) is 12.3. The van der Waals surface area contributed by atoms with Gasteiger partial charge >= 0.3 is 0 Å². The van der Waals surface area contributed by atoms with Crippen LogP contribution in [0, 0.1) is 17.3 Å². The first-order chi connectivity index (χ1) is 17.4. The number of benzene rings is 1. The zero-order chi connectivity index (χ0) is 25.3. The summed E-state index contributed by atoms with van der Waals surface area (Å²) in [5.41, 5.74) is 4.76. The molecule has 210 valence electrons. The smallest absolute Gasteiger partial charge is 0.144 e. The Kier molecular flexibility index (Phi) is 9.62. The molecular formula is C31H52ClN3O2. The molecule has 2 aliphatic carbocycles. The summed E-state index contributed by atoms with van der Waals surface area (Å²) in [6, 6.07) is 4.94. The molecule has 5 rings (SSSR count). The Balaban J connectivity index is 0.00000320. The third kappa shape index (κ3) is 6.89. The van der Waals surface area contributed by atoms with Crippen molar-refractivity contribution >= 4 is 23.8 Å². The normalized spacial score (nSPS) is 26.2. The fourth-order valence-electron chi connectivity index (χ4n) is 7.03. The lowest BCUT2D eigenvalue weighted by Gasteiger charge is -2.41. The van der Waals surface area contributed by atoms with Gasteiger partial charge in [-0.05, 0) is 86.2 Å². The molecule has 0 spiro atoms. The molecule has 2 aliphatic heterocycles. The fourth-order valence-corrected chi connectivity index (χ4v) is 7.03. The summed E-state index contributed by atoms with van der Waals surface area (Å²) in [6.45, 7) is 15.4. The van der Waals surface area contributed by atoms with Crippen LogP contribution in [0.5, 0.6) is 5.75 Å². The lowest BCUT2D eigenvalue weighted by atomic mass is 9.68. The lowest BCUT2D eigenvalue weighted by molar-refractivity contribution is 0.0818. The van der Waals surface area contributed by atoms with Crippen molar-refractivity contribution in [1.29, 1.82) is 0 Å². The molecule has 5 nitrogen and oxygen atoms in total. The number of piperazine rings is 1. The van der Waals surface area contributed by atoms with Gasteiger partial charge < -0.3 is 19.3 Å². The van der Waals surface area contributed by atoms with Crippen LogP contribution in [-0.4, -0.2) is 71.0 Å². The van der Waals surface area contributed by atoms with Crippen molar-refractivity contribution < 1.29 is 9.47 Å². The SMILES string of the molecule is COc1cc(N2CCN(CC3CC3)CC2)c(C2CCC(C(C)(C)C)CC2)cc1N1CCC(OC)CC1.Cl. The van der Waals surface area contributed by atoms with Gasteiger partial charge in [-0.2, -0.15) is 0 Å². The molecule has 4 aliphatic rings. The summed E-state index contributed by atoms with van der Waals surface area (Å²) in [7, 11) is 3.71. The van der Waals surface area contributed by atoms with Gasteiger partial charge in [0, 0.05) is 64.7 Å². The maximum absolute atomic E-state index is 6.06. The van der Waals surface area contributed by atoms with E-state index in [1.54, 1.807) is 5.56 Å². The second-order valence-electron chi connectivity index (χ2n) is 13.2. The molecule has 1 aromatic rings. The van der Waals surface area contributed by atoms with Crippen LogP contribution in [0.1, 0.15) is 83.6 Å². The maximum Gasteiger partial charge on any atom is 0.144 e. The van der Waals surface area contributed by atoms with Gasteiger partial charge in [0.05, 0.1) is 18.9 Å². The average Bonchev–Trinajstić information content (AvgIpc) is 3.72. The third-order valence-corrected chi connectivity index (χ3v) is 9.76. The molecule has 1 aromatic carbocycles. The van der Waals surface area contributed by atoms with Crippen LogP contribution in [0.3, 0.4) is 0 Å². The summed E-state index contributed by atoms with van der Waals surface area (Å²) < 4.78 is 11.7. The van der Waals surface area contributed by atoms with Gasteiger partial charge in [-0.1, -0.05) is 20.8 Å². The molecular weight excluding hydrogens is 482 g/mol. The quantitative estimate of drug-likeness (QED) is 0.394. The highest BCUT2D eigenvalue weighted by atomic mass is 35.5. The fraction of sp³-hybridized carbons (Fsp3) is 0.806. The van der Waals surface area contributed by atoms with Crippen molar-refractivity contribution in [3.8, 4) is 5.75 Å². The van der Waals surface area contributed by atoms with E-state index in [-0.39, 0.29) is 12.4 Å². The molecule has 0 unspecified atom stereocenters. The van der Waals surface area contributed by atoms with Crippen LogP contribution in [0.15, 0.2) is 12.1 Å². The van der Waals surface area contributed by atoms with E-state index in [4.69, 9.17) is 9.47 Å². The predicted octanol–water partition coefficient (Wildman–Crippen LogP) is 6.58. The number of piperidine rings is 1. The van der Waals surface area contributed by atoms with Gasteiger partial charge in [0.25, 0.3) is 0 Å². The number of ether oxygens (including phenoxy) is 2. The van der Waals surface area contributed by atoms with Crippen molar-refractivity contribution in [1.82, 2.24) is 4.90 Å². The number of halogens is 1. The van der Waals surface area contributed by atoms with Crippen molar-refractivity contribution in [2.24, 2.45) is 17.3 Å². The lowest BCUT2D eigenvalue weighted by Crippen LogP contribution is -2.47. The molecule has 6 heteroatoms. The molecule has 0 aromatic heterocycles. The average molecular weight is 534 g/mol. The van der Waals surface area contributed by atoms with Crippen molar-refractivity contribution in [3.63, 3.8) is 0 Å². The first-order valence-corrected chi connectivity index (χ1v) is 14.8. The Hall–Kier alpha value is -1.17. The van der Waals surface area contributed by atoms with E-state index in [1.807, 2.05) is 14.2 Å². The Morgan fingerprint density at radius 3 is 1.92 bits per heavy atom. The number of rotatable bonds is 7. The minimum absolute atomic E-state index is 0. The van der Waals surface area contributed by atoms with E-state index in [9.17, 15) is 0 Å². The predicted molar refractivity (Wildman–Crippen MR) is 158 cm³/mol. The highest BCUT2D eigenvalue weighted by Gasteiger charge is 2.34. The molecule has 0 amide bonds. The Morgan fingerprint density at radius 1 is 0.757 bits per heavy atom. The molecule has 4 fully saturated rings. The molecule has 2 saturated carbocycles. The van der Waals surface area contributed by atoms with E-state index in [1.165, 1.54) is 69.5 Å². The van der Waals surface area contributed by atoms with Crippen molar-refractivity contribution in [3.05, 3.63) is 17.7 Å². The molecule has 0 radical (unpaired) electrons. The molecule has 0 atom stereocenters. The Bertz CT molecular complexity index is 860. The van der Waals surface area contributed by atoms with Gasteiger partial charge in [0.2, 0.25) is 0 Å². The van der Waals surface area contributed by atoms with E-state index in [2.05, 4.69) is 47.6 Å². The van der Waals surface area contributed by atoms with Crippen LogP contribution in [0.2, 0.25) is 0 Å². The number of nitrogens with zero attached hydrogens (tertiary/aromatic N) is 3. The number of hydrogen-bond donors (Lipinski definition) is 0. The maximum atomic E-state index is 6.06. The van der Waals surface area contributed by atoms with E-state index in [0.717, 1.165) is 56.6 Å². The molecule has 37 heavy (non-hydrogen) atoms. The van der Waals surface area contributed by atoms with Gasteiger partial charge in [0.15, 0.2) is 0 Å². The van der Waals surface area contributed by atoms with Crippen LogP contribution in [0.25, 0.3) is 0 Å². The van der Waals surface area contributed by atoms with E-state index in [0.29, 0.717) is 17.4 Å². The van der Waals surface area contributed by atoms with Crippen LogP contribution in [0.4, 0.5) is 11.4 Å². The first kappa shape index (κ1) is 28.8. The monoisotopic (exact) mass is 533 g/mol. The number of anilines is 2. The highest BCUT2D eigenvalue weighted by molar-refractivity contribution is 5.85. The first-order valence-electron chi connectivity index (χ1n) is 14.8. The summed E-state index contributed by atoms with van der Waals surface area (Å²) in [4.78, 5) is 7.93. The van der Waals surface area contributed by atoms with Crippen LogP contribution >= 0.6 is 12.4 Å².